The third-order valence-corrected chi connectivity index (χ3v) is 4.73. The maximum Gasteiger partial charge on any atom is 0.224 e. The summed E-state index contributed by atoms with van der Waals surface area (Å²) in [5.41, 5.74) is 4.08. The van der Waals surface area contributed by atoms with Crippen LogP contribution >= 0.6 is 0 Å². The molecule has 0 bridgehead atoms. The van der Waals surface area contributed by atoms with Crippen molar-refractivity contribution in [1.29, 1.82) is 0 Å². The van der Waals surface area contributed by atoms with Gasteiger partial charge in [0.15, 0.2) is 0 Å². The zero-order chi connectivity index (χ0) is 21.2. The minimum Gasteiger partial charge on any atom is -0.497 e. The van der Waals surface area contributed by atoms with Gasteiger partial charge in [0.1, 0.15) is 11.5 Å². The van der Waals surface area contributed by atoms with Crippen LogP contribution in [0.4, 0.5) is 0 Å². The summed E-state index contributed by atoms with van der Waals surface area (Å²) in [6.07, 6.45) is 0.228. The zero-order valence-electron chi connectivity index (χ0n) is 17.4. The van der Waals surface area contributed by atoms with E-state index in [4.69, 9.17) is 14.2 Å². The van der Waals surface area contributed by atoms with Gasteiger partial charge in [-0.2, -0.15) is 0 Å². The Labute approximate surface area is 177 Å². The summed E-state index contributed by atoms with van der Waals surface area (Å²) in [5.74, 6) is 1.30. The SMILES string of the molecule is COc1ccc(OC)c(CC(=O)NCc2ccc(COCc3ccccc3)cc2)c1. The monoisotopic (exact) mass is 405 g/mol. The molecule has 5 nitrogen and oxygen atoms in total. The third kappa shape index (κ3) is 6.36. The average molecular weight is 405 g/mol. The number of rotatable bonds is 10. The number of amides is 1. The first-order valence-electron chi connectivity index (χ1n) is 9.85. The molecule has 0 aliphatic rings. The molecule has 0 spiro atoms. The highest BCUT2D eigenvalue weighted by atomic mass is 16.5. The molecule has 1 amide bonds. The summed E-state index contributed by atoms with van der Waals surface area (Å²) in [7, 11) is 3.19. The van der Waals surface area contributed by atoms with Crippen molar-refractivity contribution in [3.05, 3.63) is 95.1 Å². The van der Waals surface area contributed by atoms with E-state index in [-0.39, 0.29) is 12.3 Å². The van der Waals surface area contributed by atoms with E-state index in [1.54, 1.807) is 20.3 Å². The Balaban J connectivity index is 1.46. The standard InChI is InChI=1S/C25H27NO4/c1-28-23-12-13-24(29-2)22(14-23)15-25(27)26-16-19-8-10-21(11-9-19)18-30-17-20-6-4-3-5-7-20/h3-14H,15-18H2,1-2H3,(H,26,27). The predicted molar refractivity (Wildman–Crippen MR) is 116 cm³/mol. The largest absolute Gasteiger partial charge is 0.497 e. The normalized spacial score (nSPS) is 10.5. The van der Waals surface area contributed by atoms with Gasteiger partial charge in [-0.15, -0.1) is 0 Å². The molecule has 0 atom stereocenters. The van der Waals surface area contributed by atoms with E-state index in [0.29, 0.717) is 31.3 Å². The van der Waals surface area contributed by atoms with Crippen LogP contribution in [0.2, 0.25) is 0 Å². The van der Waals surface area contributed by atoms with E-state index in [9.17, 15) is 4.79 Å². The van der Waals surface area contributed by atoms with Crippen molar-refractivity contribution in [2.75, 3.05) is 14.2 Å². The van der Waals surface area contributed by atoms with Crippen molar-refractivity contribution in [2.24, 2.45) is 0 Å². The topological polar surface area (TPSA) is 56.8 Å². The fraction of sp³-hybridized carbons (Fsp3) is 0.240. The number of ether oxygens (including phenoxy) is 3. The van der Waals surface area contributed by atoms with Crippen LogP contribution in [0.5, 0.6) is 11.5 Å². The second-order valence-corrected chi connectivity index (χ2v) is 6.93. The van der Waals surface area contributed by atoms with Crippen molar-refractivity contribution >= 4 is 5.91 Å². The van der Waals surface area contributed by atoms with Gasteiger partial charge in [0.2, 0.25) is 5.91 Å². The smallest absolute Gasteiger partial charge is 0.224 e. The van der Waals surface area contributed by atoms with Crippen LogP contribution in [0.3, 0.4) is 0 Å². The average Bonchev–Trinajstić information content (AvgIpc) is 2.79. The first-order chi connectivity index (χ1) is 14.7. The summed E-state index contributed by atoms with van der Waals surface area (Å²) in [6.45, 7) is 1.61. The highest BCUT2D eigenvalue weighted by Gasteiger charge is 2.10. The van der Waals surface area contributed by atoms with E-state index in [1.807, 2.05) is 66.7 Å². The number of hydrogen-bond acceptors (Lipinski definition) is 4. The maximum atomic E-state index is 12.4. The molecule has 0 heterocycles. The quantitative estimate of drug-likeness (QED) is 0.547. The molecule has 3 aromatic carbocycles. The highest BCUT2D eigenvalue weighted by Crippen LogP contribution is 2.24. The number of nitrogens with one attached hydrogen (secondary N) is 1. The molecule has 3 aromatic rings. The Morgan fingerprint density at radius 1 is 0.800 bits per heavy atom. The van der Waals surface area contributed by atoms with Gasteiger partial charge in [-0.25, -0.2) is 0 Å². The van der Waals surface area contributed by atoms with Crippen LogP contribution in [0.25, 0.3) is 0 Å². The Morgan fingerprint density at radius 3 is 2.13 bits per heavy atom. The van der Waals surface area contributed by atoms with Gasteiger partial charge in [-0.05, 0) is 34.9 Å². The molecule has 0 saturated heterocycles. The number of carbonyl (C=O) groups is 1. The fourth-order valence-electron chi connectivity index (χ4n) is 3.07. The Hall–Kier alpha value is -3.31. The molecule has 30 heavy (non-hydrogen) atoms. The maximum absolute atomic E-state index is 12.4. The second-order valence-electron chi connectivity index (χ2n) is 6.93. The van der Waals surface area contributed by atoms with E-state index < -0.39 is 0 Å². The van der Waals surface area contributed by atoms with Crippen molar-refractivity contribution in [1.82, 2.24) is 5.32 Å². The van der Waals surface area contributed by atoms with Crippen LogP contribution in [0.15, 0.2) is 72.8 Å². The van der Waals surface area contributed by atoms with Crippen molar-refractivity contribution in [3.8, 4) is 11.5 Å². The van der Waals surface area contributed by atoms with Gasteiger partial charge in [0, 0.05) is 12.1 Å². The van der Waals surface area contributed by atoms with Crippen molar-refractivity contribution < 1.29 is 19.0 Å². The molecule has 0 aliphatic heterocycles. The summed E-state index contributed by atoms with van der Waals surface area (Å²) in [5, 5.41) is 2.95. The lowest BCUT2D eigenvalue weighted by atomic mass is 10.1. The third-order valence-electron chi connectivity index (χ3n) is 4.73. The fourth-order valence-corrected chi connectivity index (χ4v) is 3.07. The molecule has 0 fully saturated rings. The van der Waals surface area contributed by atoms with E-state index in [1.165, 1.54) is 0 Å². The summed E-state index contributed by atoms with van der Waals surface area (Å²) >= 11 is 0. The van der Waals surface area contributed by atoms with Crippen molar-refractivity contribution in [2.45, 2.75) is 26.2 Å². The summed E-state index contributed by atoms with van der Waals surface area (Å²) < 4.78 is 16.3. The molecule has 156 valence electrons. The number of carbonyl (C=O) groups excluding carboxylic acids is 1. The summed E-state index contributed by atoms with van der Waals surface area (Å²) in [4.78, 5) is 12.4. The first-order valence-corrected chi connectivity index (χ1v) is 9.85. The van der Waals surface area contributed by atoms with Crippen molar-refractivity contribution in [3.63, 3.8) is 0 Å². The molecule has 0 unspecified atom stereocenters. The second kappa shape index (κ2) is 11.0. The number of hydrogen-bond donors (Lipinski definition) is 1. The van der Waals surface area contributed by atoms with Gasteiger partial charge in [-0.1, -0.05) is 54.6 Å². The number of benzene rings is 3. The van der Waals surface area contributed by atoms with Gasteiger partial charge < -0.3 is 19.5 Å². The predicted octanol–water partition coefficient (Wildman–Crippen LogP) is 4.28. The molecule has 0 radical (unpaired) electrons. The van der Waals surface area contributed by atoms with Crippen LogP contribution < -0.4 is 14.8 Å². The van der Waals surface area contributed by atoms with E-state index in [0.717, 1.165) is 22.3 Å². The van der Waals surface area contributed by atoms with Gasteiger partial charge in [0.05, 0.1) is 33.9 Å². The zero-order valence-corrected chi connectivity index (χ0v) is 17.4. The Kier molecular flexibility index (Phi) is 7.86. The minimum atomic E-state index is -0.0724. The van der Waals surface area contributed by atoms with Crippen LogP contribution in [0, 0.1) is 0 Å². The van der Waals surface area contributed by atoms with Crippen LogP contribution in [-0.2, 0) is 35.7 Å². The molecule has 0 aliphatic carbocycles. The van der Waals surface area contributed by atoms with Crippen LogP contribution in [-0.4, -0.2) is 20.1 Å². The van der Waals surface area contributed by atoms with Gasteiger partial charge in [0.25, 0.3) is 0 Å². The highest BCUT2D eigenvalue weighted by molar-refractivity contribution is 5.79. The minimum absolute atomic E-state index is 0.0724. The lowest BCUT2D eigenvalue weighted by molar-refractivity contribution is -0.120. The number of methoxy groups -OCH3 is 2. The molecule has 5 heteroatoms. The first kappa shape index (κ1) is 21.4. The Bertz CT molecular complexity index is 939. The lowest BCUT2D eigenvalue weighted by Crippen LogP contribution is -2.24. The van der Waals surface area contributed by atoms with Gasteiger partial charge in [-0.3, -0.25) is 4.79 Å². The van der Waals surface area contributed by atoms with E-state index >= 15 is 0 Å². The molecular weight excluding hydrogens is 378 g/mol. The lowest BCUT2D eigenvalue weighted by Gasteiger charge is -2.11. The Morgan fingerprint density at radius 2 is 1.47 bits per heavy atom. The molecule has 0 aromatic heterocycles. The van der Waals surface area contributed by atoms with Gasteiger partial charge >= 0.3 is 0 Å². The van der Waals surface area contributed by atoms with E-state index in [2.05, 4.69) is 5.32 Å². The molecular formula is C25H27NO4. The van der Waals surface area contributed by atoms with Crippen LogP contribution in [0.1, 0.15) is 22.3 Å². The molecule has 1 N–H and O–H groups in total. The molecule has 0 saturated carbocycles. The summed E-state index contributed by atoms with van der Waals surface area (Å²) in [6, 6.07) is 23.6. The molecule has 3 rings (SSSR count).